The van der Waals surface area contributed by atoms with Crippen LogP contribution < -0.4 is 11.3 Å². The van der Waals surface area contributed by atoms with Crippen molar-refractivity contribution in [1.82, 2.24) is 4.98 Å². The Morgan fingerprint density at radius 3 is 2.85 bits per heavy atom. The van der Waals surface area contributed by atoms with E-state index < -0.39 is 0 Å². The van der Waals surface area contributed by atoms with E-state index in [1.54, 1.807) is 0 Å². The van der Waals surface area contributed by atoms with Gasteiger partial charge in [-0.3, -0.25) is 4.79 Å². The van der Waals surface area contributed by atoms with E-state index in [2.05, 4.69) is 36.2 Å². The van der Waals surface area contributed by atoms with E-state index in [0.717, 1.165) is 36.9 Å². The second kappa shape index (κ2) is 5.16. The molecule has 1 aromatic heterocycles. The summed E-state index contributed by atoms with van der Waals surface area (Å²) in [6.45, 7) is 2.08. The summed E-state index contributed by atoms with van der Waals surface area (Å²) in [5, 5.41) is 0. The number of hydrogen-bond acceptors (Lipinski definition) is 2. The van der Waals surface area contributed by atoms with Crippen LogP contribution in [0, 0.1) is 6.92 Å². The number of H-pyrrole nitrogens is 1. The second-order valence-corrected chi connectivity index (χ2v) is 5.68. The summed E-state index contributed by atoms with van der Waals surface area (Å²) in [6.07, 6.45) is 5.07. The summed E-state index contributed by atoms with van der Waals surface area (Å²) >= 11 is 0. The monoisotopic (exact) mass is 268 g/mol. The van der Waals surface area contributed by atoms with E-state index in [1.165, 1.54) is 23.1 Å². The van der Waals surface area contributed by atoms with Gasteiger partial charge < -0.3 is 10.7 Å². The molecular weight excluding hydrogens is 248 g/mol. The smallest absolute Gasteiger partial charge is 0.271 e. The zero-order valence-electron chi connectivity index (χ0n) is 11.8. The summed E-state index contributed by atoms with van der Waals surface area (Å²) < 4.78 is 0. The van der Waals surface area contributed by atoms with Crippen LogP contribution in [0.15, 0.2) is 29.1 Å². The van der Waals surface area contributed by atoms with Gasteiger partial charge in [0.25, 0.3) is 5.56 Å². The van der Waals surface area contributed by atoms with Crippen molar-refractivity contribution in [2.45, 2.75) is 39.0 Å². The van der Waals surface area contributed by atoms with Gasteiger partial charge in [0.1, 0.15) is 5.69 Å². The van der Waals surface area contributed by atoms with Crippen LogP contribution in [0.25, 0.3) is 0 Å². The Kier molecular flexibility index (Phi) is 3.35. The van der Waals surface area contributed by atoms with Gasteiger partial charge in [-0.1, -0.05) is 29.8 Å². The topological polar surface area (TPSA) is 58.9 Å². The number of rotatable bonds is 2. The Balaban J connectivity index is 2.08. The van der Waals surface area contributed by atoms with E-state index in [1.807, 2.05) is 0 Å². The van der Waals surface area contributed by atoms with Gasteiger partial charge in [0.2, 0.25) is 0 Å². The van der Waals surface area contributed by atoms with E-state index in [0.29, 0.717) is 5.69 Å². The van der Waals surface area contributed by atoms with Crippen LogP contribution in [0.3, 0.4) is 0 Å². The van der Waals surface area contributed by atoms with Gasteiger partial charge in [-0.05, 0) is 49.3 Å². The lowest BCUT2D eigenvalue weighted by atomic mass is 9.88. The first-order valence-corrected chi connectivity index (χ1v) is 7.23. The number of aromatic nitrogens is 1. The van der Waals surface area contributed by atoms with Crippen LogP contribution in [-0.4, -0.2) is 4.98 Å². The standard InChI is InChI=1S/C17H20N2O/c1-11-5-4-6-12(9-11)10-14-13-7-2-3-8-15(13)19-17(20)16(14)18/h4-6,9H,2-3,7-8,10,18H2,1H3,(H,19,20). The molecule has 0 radical (unpaired) electrons. The van der Waals surface area contributed by atoms with E-state index in [-0.39, 0.29) is 5.56 Å². The van der Waals surface area contributed by atoms with Crippen molar-refractivity contribution in [1.29, 1.82) is 0 Å². The Bertz CT molecular complexity index is 701. The Hall–Kier alpha value is -2.03. The van der Waals surface area contributed by atoms with Crippen LogP contribution in [0.4, 0.5) is 5.69 Å². The summed E-state index contributed by atoms with van der Waals surface area (Å²) in [7, 11) is 0. The number of anilines is 1. The van der Waals surface area contributed by atoms with Crippen molar-refractivity contribution < 1.29 is 0 Å². The van der Waals surface area contributed by atoms with Crippen molar-refractivity contribution >= 4 is 5.69 Å². The minimum absolute atomic E-state index is 0.131. The van der Waals surface area contributed by atoms with Crippen LogP contribution in [-0.2, 0) is 19.3 Å². The molecule has 0 amide bonds. The van der Waals surface area contributed by atoms with Gasteiger partial charge >= 0.3 is 0 Å². The third-order valence-electron chi connectivity index (χ3n) is 4.13. The largest absolute Gasteiger partial charge is 0.394 e. The number of fused-ring (bicyclic) bond motifs is 1. The Labute approximate surface area is 118 Å². The van der Waals surface area contributed by atoms with E-state index in [9.17, 15) is 4.79 Å². The molecule has 2 aromatic rings. The zero-order chi connectivity index (χ0) is 14.1. The average Bonchev–Trinajstić information content (AvgIpc) is 2.44. The summed E-state index contributed by atoms with van der Waals surface area (Å²) in [5.41, 5.74) is 12.2. The molecule has 0 saturated heterocycles. The highest BCUT2D eigenvalue weighted by atomic mass is 16.1. The highest BCUT2D eigenvalue weighted by Gasteiger charge is 2.18. The minimum Gasteiger partial charge on any atom is -0.394 e. The Morgan fingerprint density at radius 1 is 1.25 bits per heavy atom. The molecule has 1 aromatic carbocycles. The fourth-order valence-corrected chi connectivity index (χ4v) is 3.11. The molecule has 0 unspecified atom stereocenters. The van der Waals surface area contributed by atoms with Gasteiger partial charge in [-0.15, -0.1) is 0 Å². The van der Waals surface area contributed by atoms with Crippen molar-refractivity contribution in [2.75, 3.05) is 5.73 Å². The maximum atomic E-state index is 12.0. The molecule has 3 rings (SSSR count). The predicted octanol–water partition coefficient (Wildman–Crippen LogP) is 2.74. The maximum absolute atomic E-state index is 12.0. The number of benzene rings is 1. The van der Waals surface area contributed by atoms with Crippen molar-refractivity contribution in [3.63, 3.8) is 0 Å². The number of pyridine rings is 1. The number of aromatic amines is 1. The first kappa shape index (κ1) is 13.0. The second-order valence-electron chi connectivity index (χ2n) is 5.68. The molecule has 0 aliphatic heterocycles. The van der Waals surface area contributed by atoms with Gasteiger partial charge in [-0.25, -0.2) is 0 Å². The van der Waals surface area contributed by atoms with Gasteiger partial charge in [0.15, 0.2) is 0 Å². The molecule has 0 spiro atoms. The fraction of sp³-hybridized carbons (Fsp3) is 0.353. The SMILES string of the molecule is Cc1cccc(Cc2c3c([nH]c(=O)c2N)CCCC3)c1. The Morgan fingerprint density at radius 2 is 2.05 bits per heavy atom. The number of nitrogens with one attached hydrogen (secondary N) is 1. The summed E-state index contributed by atoms with van der Waals surface area (Å²) in [4.78, 5) is 14.9. The summed E-state index contributed by atoms with van der Waals surface area (Å²) in [5.74, 6) is 0. The lowest BCUT2D eigenvalue weighted by Crippen LogP contribution is -2.22. The first-order chi connectivity index (χ1) is 9.65. The maximum Gasteiger partial charge on any atom is 0.271 e. The third-order valence-corrected chi connectivity index (χ3v) is 4.13. The quantitative estimate of drug-likeness (QED) is 0.879. The molecule has 20 heavy (non-hydrogen) atoms. The number of nitrogen functional groups attached to an aromatic ring is 1. The molecule has 3 N–H and O–H groups in total. The van der Waals surface area contributed by atoms with Crippen LogP contribution in [0.1, 0.15) is 40.8 Å². The van der Waals surface area contributed by atoms with Crippen LogP contribution >= 0.6 is 0 Å². The molecule has 104 valence electrons. The van der Waals surface area contributed by atoms with Crippen molar-refractivity contribution in [3.8, 4) is 0 Å². The van der Waals surface area contributed by atoms with Crippen LogP contribution in [0.2, 0.25) is 0 Å². The zero-order valence-corrected chi connectivity index (χ0v) is 11.8. The van der Waals surface area contributed by atoms with Gasteiger partial charge in [-0.2, -0.15) is 0 Å². The first-order valence-electron chi connectivity index (χ1n) is 7.23. The molecular formula is C17H20N2O. The normalized spacial score (nSPS) is 14.1. The van der Waals surface area contributed by atoms with Crippen molar-refractivity contribution in [2.24, 2.45) is 0 Å². The lowest BCUT2D eigenvalue weighted by molar-refractivity contribution is 0.660. The third kappa shape index (κ3) is 2.36. The molecule has 0 bridgehead atoms. The molecule has 1 heterocycles. The number of nitrogens with two attached hydrogens (primary N) is 1. The summed E-state index contributed by atoms with van der Waals surface area (Å²) in [6, 6.07) is 8.40. The highest BCUT2D eigenvalue weighted by molar-refractivity contribution is 5.53. The molecule has 1 aliphatic carbocycles. The lowest BCUT2D eigenvalue weighted by Gasteiger charge is -2.20. The minimum atomic E-state index is -0.131. The molecule has 0 fully saturated rings. The number of hydrogen-bond donors (Lipinski definition) is 2. The molecule has 0 atom stereocenters. The molecule has 3 heteroatoms. The molecule has 0 saturated carbocycles. The van der Waals surface area contributed by atoms with Crippen molar-refractivity contribution in [3.05, 3.63) is 62.6 Å². The highest BCUT2D eigenvalue weighted by Crippen LogP contribution is 2.26. The predicted molar refractivity (Wildman–Crippen MR) is 82.1 cm³/mol. The van der Waals surface area contributed by atoms with Crippen LogP contribution in [0.5, 0.6) is 0 Å². The van der Waals surface area contributed by atoms with Gasteiger partial charge in [0.05, 0.1) is 0 Å². The average molecular weight is 268 g/mol. The fourth-order valence-electron chi connectivity index (χ4n) is 3.11. The molecule has 1 aliphatic rings. The van der Waals surface area contributed by atoms with E-state index in [4.69, 9.17) is 5.73 Å². The molecule has 3 nitrogen and oxygen atoms in total. The van der Waals surface area contributed by atoms with Gasteiger partial charge in [0, 0.05) is 12.1 Å². The van der Waals surface area contributed by atoms with E-state index >= 15 is 0 Å². The number of aryl methyl sites for hydroxylation is 2.